The zero-order chi connectivity index (χ0) is 23.4. The van der Waals surface area contributed by atoms with Crippen molar-refractivity contribution in [2.45, 2.75) is 26.3 Å². The molecule has 0 aliphatic carbocycles. The number of methoxy groups -OCH3 is 1. The molecule has 1 fully saturated rings. The zero-order valence-electron chi connectivity index (χ0n) is 19.9. The Kier molecular flexibility index (Phi) is 6.99. The predicted octanol–water partition coefficient (Wildman–Crippen LogP) is 3.69. The van der Waals surface area contributed by atoms with Crippen molar-refractivity contribution in [3.8, 4) is 16.9 Å². The Morgan fingerprint density at radius 1 is 1.15 bits per heavy atom. The highest BCUT2D eigenvalue weighted by molar-refractivity contribution is 5.97. The highest BCUT2D eigenvalue weighted by atomic mass is 16.5. The van der Waals surface area contributed by atoms with E-state index in [2.05, 4.69) is 32.8 Å². The van der Waals surface area contributed by atoms with Crippen LogP contribution < -0.4 is 20.3 Å². The summed E-state index contributed by atoms with van der Waals surface area (Å²) in [5, 5.41) is 10.9. The molecule has 0 radical (unpaired) electrons. The SMILES string of the molecule is COc1cc(-c2cnn(C)c2)cc([C@@H](C)NC(=O)c2cc(N3CCCNCC3)ccc2C)c1. The van der Waals surface area contributed by atoms with E-state index in [9.17, 15) is 4.79 Å². The van der Waals surface area contributed by atoms with Crippen LogP contribution in [0.15, 0.2) is 48.8 Å². The van der Waals surface area contributed by atoms with Gasteiger partial charge in [0.2, 0.25) is 0 Å². The van der Waals surface area contributed by atoms with Crippen LogP contribution in [0.4, 0.5) is 5.69 Å². The molecule has 4 rings (SSSR count). The number of aromatic nitrogens is 2. The maximum absolute atomic E-state index is 13.3. The average Bonchev–Trinajstić information content (AvgIpc) is 3.08. The van der Waals surface area contributed by atoms with Crippen molar-refractivity contribution in [3.63, 3.8) is 0 Å². The Bertz CT molecular complexity index is 1120. The van der Waals surface area contributed by atoms with Crippen molar-refractivity contribution in [1.82, 2.24) is 20.4 Å². The van der Waals surface area contributed by atoms with E-state index in [0.29, 0.717) is 5.56 Å². The minimum Gasteiger partial charge on any atom is -0.497 e. The Morgan fingerprint density at radius 2 is 2.00 bits per heavy atom. The molecule has 3 aromatic rings. The van der Waals surface area contributed by atoms with Crippen molar-refractivity contribution in [2.24, 2.45) is 7.05 Å². The molecule has 174 valence electrons. The minimum absolute atomic E-state index is 0.0689. The van der Waals surface area contributed by atoms with E-state index in [1.807, 2.05) is 57.6 Å². The van der Waals surface area contributed by atoms with E-state index < -0.39 is 0 Å². The third-order valence-electron chi connectivity index (χ3n) is 6.22. The van der Waals surface area contributed by atoms with Crippen LogP contribution in [0.25, 0.3) is 11.1 Å². The van der Waals surface area contributed by atoms with Crippen molar-refractivity contribution >= 4 is 11.6 Å². The van der Waals surface area contributed by atoms with Crippen LogP contribution in [-0.4, -0.2) is 49.0 Å². The molecule has 2 N–H and O–H groups in total. The van der Waals surface area contributed by atoms with Gasteiger partial charge in [0.25, 0.3) is 5.91 Å². The summed E-state index contributed by atoms with van der Waals surface area (Å²) in [5.74, 6) is 0.681. The number of hydrogen-bond donors (Lipinski definition) is 2. The van der Waals surface area contributed by atoms with E-state index >= 15 is 0 Å². The van der Waals surface area contributed by atoms with Crippen molar-refractivity contribution in [3.05, 3.63) is 65.5 Å². The van der Waals surface area contributed by atoms with Crippen molar-refractivity contribution in [2.75, 3.05) is 38.2 Å². The molecule has 0 spiro atoms. The van der Waals surface area contributed by atoms with Gasteiger partial charge in [-0.2, -0.15) is 5.10 Å². The van der Waals surface area contributed by atoms with E-state index in [0.717, 1.165) is 66.3 Å². The maximum Gasteiger partial charge on any atom is 0.252 e. The van der Waals surface area contributed by atoms with Gasteiger partial charge >= 0.3 is 0 Å². The van der Waals surface area contributed by atoms with Gasteiger partial charge in [-0.05, 0) is 73.8 Å². The lowest BCUT2D eigenvalue weighted by atomic mass is 10.0. The number of carbonyl (C=O) groups excluding carboxylic acids is 1. The van der Waals surface area contributed by atoms with Gasteiger partial charge in [-0.25, -0.2) is 0 Å². The number of ether oxygens (including phenoxy) is 1. The second-order valence-corrected chi connectivity index (χ2v) is 8.68. The average molecular weight is 448 g/mol. The highest BCUT2D eigenvalue weighted by Gasteiger charge is 2.18. The van der Waals surface area contributed by atoms with Gasteiger partial charge in [-0.3, -0.25) is 9.48 Å². The second kappa shape index (κ2) is 10.1. The first-order valence-corrected chi connectivity index (χ1v) is 11.5. The molecule has 1 atom stereocenters. The van der Waals surface area contributed by atoms with Gasteiger partial charge in [0.1, 0.15) is 5.75 Å². The molecule has 2 heterocycles. The van der Waals surface area contributed by atoms with Crippen LogP contribution in [0.1, 0.15) is 40.9 Å². The number of benzene rings is 2. The Balaban J connectivity index is 1.55. The zero-order valence-corrected chi connectivity index (χ0v) is 19.9. The van der Waals surface area contributed by atoms with Crippen LogP contribution in [0, 0.1) is 6.92 Å². The van der Waals surface area contributed by atoms with Crippen LogP contribution >= 0.6 is 0 Å². The molecule has 1 aliphatic rings. The summed E-state index contributed by atoms with van der Waals surface area (Å²) < 4.78 is 7.30. The van der Waals surface area contributed by atoms with Gasteiger partial charge in [0, 0.05) is 49.7 Å². The topological polar surface area (TPSA) is 71.4 Å². The monoisotopic (exact) mass is 447 g/mol. The number of anilines is 1. The Hall–Kier alpha value is -3.32. The van der Waals surface area contributed by atoms with Crippen molar-refractivity contribution in [1.29, 1.82) is 0 Å². The minimum atomic E-state index is -0.187. The van der Waals surface area contributed by atoms with Gasteiger partial charge in [-0.15, -0.1) is 0 Å². The van der Waals surface area contributed by atoms with E-state index in [-0.39, 0.29) is 11.9 Å². The number of amides is 1. The first-order valence-electron chi connectivity index (χ1n) is 11.5. The quantitative estimate of drug-likeness (QED) is 0.603. The lowest BCUT2D eigenvalue weighted by Gasteiger charge is -2.24. The molecule has 1 saturated heterocycles. The molecule has 0 saturated carbocycles. The van der Waals surface area contributed by atoms with Crippen molar-refractivity contribution < 1.29 is 9.53 Å². The fraction of sp³-hybridized carbons (Fsp3) is 0.385. The summed E-state index contributed by atoms with van der Waals surface area (Å²) in [6.07, 6.45) is 4.89. The van der Waals surface area contributed by atoms with E-state index in [4.69, 9.17) is 4.74 Å². The fourth-order valence-corrected chi connectivity index (χ4v) is 4.24. The summed E-state index contributed by atoms with van der Waals surface area (Å²) in [6, 6.07) is 12.0. The lowest BCUT2D eigenvalue weighted by Crippen LogP contribution is -2.29. The summed E-state index contributed by atoms with van der Waals surface area (Å²) in [6.45, 7) is 7.92. The fourth-order valence-electron chi connectivity index (χ4n) is 4.24. The first kappa shape index (κ1) is 22.9. The first-order chi connectivity index (χ1) is 15.9. The van der Waals surface area contributed by atoms with Gasteiger partial charge < -0.3 is 20.3 Å². The molecule has 0 unspecified atom stereocenters. The summed E-state index contributed by atoms with van der Waals surface area (Å²) >= 11 is 0. The third-order valence-corrected chi connectivity index (χ3v) is 6.22. The number of rotatable bonds is 6. The molecule has 7 nitrogen and oxygen atoms in total. The molecule has 33 heavy (non-hydrogen) atoms. The molecule has 1 aliphatic heterocycles. The van der Waals surface area contributed by atoms with Crippen LogP contribution in [0.3, 0.4) is 0 Å². The summed E-state index contributed by atoms with van der Waals surface area (Å²) in [4.78, 5) is 15.6. The lowest BCUT2D eigenvalue weighted by molar-refractivity contribution is 0.0939. The predicted molar refractivity (Wildman–Crippen MR) is 132 cm³/mol. The van der Waals surface area contributed by atoms with E-state index in [1.165, 1.54) is 0 Å². The van der Waals surface area contributed by atoms with Crippen LogP contribution in [-0.2, 0) is 7.05 Å². The Labute approximate surface area is 195 Å². The second-order valence-electron chi connectivity index (χ2n) is 8.68. The van der Waals surface area contributed by atoms with Crippen LogP contribution in [0.5, 0.6) is 5.75 Å². The Morgan fingerprint density at radius 3 is 2.76 bits per heavy atom. The number of nitrogens with zero attached hydrogens (tertiary/aromatic N) is 3. The molecule has 1 aromatic heterocycles. The smallest absolute Gasteiger partial charge is 0.252 e. The largest absolute Gasteiger partial charge is 0.497 e. The van der Waals surface area contributed by atoms with Crippen LogP contribution in [0.2, 0.25) is 0 Å². The summed E-state index contributed by atoms with van der Waals surface area (Å²) in [7, 11) is 3.55. The molecule has 0 bridgehead atoms. The number of aryl methyl sites for hydroxylation is 2. The highest BCUT2D eigenvalue weighted by Crippen LogP contribution is 2.29. The molecule has 2 aromatic carbocycles. The number of nitrogens with one attached hydrogen (secondary N) is 2. The van der Waals surface area contributed by atoms with Gasteiger partial charge in [0.15, 0.2) is 0 Å². The van der Waals surface area contributed by atoms with Gasteiger partial charge in [0.05, 0.1) is 19.3 Å². The molecule has 1 amide bonds. The molecule has 7 heteroatoms. The molecular formula is C26H33N5O2. The number of hydrogen-bond acceptors (Lipinski definition) is 5. The van der Waals surface area contributed by atoms with E-state index in [1.54, 1.807) is 11.8 Å². The van der Waals surface area contributed by atoms with Gasteiger partial charge in [-0.1, -0.05) is 6.07 Å². The third kappa shape index (κ3) is 5.37. The standard InChI is InChI=1S/C26H33N5O2/c1-18-6-7-23(31-10-5-8-27-9-11-31)15-25(18)26(32)29-19(2)20-12-21(14-24(13-20)33-4)22-16-28-30(3)17-22/h6-7,12-17,19,27H,5,8-11H2,1-4H3,(H,29,32)/t19-/m1/s1. The summed E-state index contributed by atoms with van der Waals surface area (Å²) in [5.41, 5.74) is 5.78. The normalized spacial score (nSPS) is 15.1. The number of carbonyl (C=O) groups is 1. The maximum atomic E-state index is 13.3. The molecular weight excluding hydrogens is 414 g/mol.